The van der Waals surface area contributed by atoms with E-state index in [1.807, 2.05) is 27.8 Å². The highest BCUT2D eigenvalue weighted by Gasteiger charge is 2.19. The van der Waals surface area contributed by atoms with Crippen molar-refractivity contribution in [1.29, 1.82) is 0 Å². The second-order valence-electron chi connectivity index (χ2n) is 6.72. The molecule has 0 N–H and O–H groups in total. The maximum atomic E-state index is 13.2. The van der Waals surface area contributed by atoms with E-state index in [0.29, 0.717) is 16.6 Å². The fourth-order valence-corrected chi connectivity index (χ4v) is 4.26. The molecule has 0 radical (unpaired) electrons. The number of halogens is 1. The van der Waals surface area contributed by atoms with Crippen molar-refractivity contribution in [2.75, 3.05) is 18.8 Å². The molecule has 3 aromatic heterocycles. The minimum atomic E-state index is -0.280. The van der Waals surface area contributed by atoms with Gasteiger partial charge in [0.25, 0.3) is 0 Å². The van der Waals surface area contributed by atoms with Crippen LogP contribution in [0.3, 0.4) is 0 Å². The SMILES string of the molecule is O=C(CSc1nnc2c3cc(-c4ccc(F)cc4)nn3ccn12)N1CCCC1. The van der Waals surface area contributed by atoms with Gasteiger partial charge in [0.2, 0.25) is 5.91 Å². The molecule has 1 aliphatic rings. The van der Waals surface area contributed by atoms with Gasteiger partial charge in [-0.1, -0.05) is 11.8 Å². The van der Waals surface area contributed by atoms with Crippen molar-refractivity contribution in [3.63, 3.8) is 0 Å². The average molecular weight is 396 g/mol. The zero-order valence-electron chi connectivity index (χ0n) is 15.0. The van der Waals surface area contributed by atoms with Crippen molar-refractivity contribution >= 4 is 28.8 Å². The Hall–Kier alpha value is -2.94. The third-order valence-electron chi connectivity index (χ3n) is 4.91. The predicted molar refractivity (Wildman–Crippen MR) is 104 cm³/mol. The number of amides is 1. The maximum absolute atomic E-state index is 13.2. The second kappa shape index (κ2) is 6.90. The van der Waals surface area contributed by atoms with E-state index in [4.69, 9.17) is 0 Å². The molecule has 5 rings (SSSR count). The standard InChI is InChI=1S/C19H17FN6OS/c20-14-5-3-13(4-6-14)15-11-16-18-21-22-19(25(18)9-10-26(16)23-15)28-12-17(27)24-7-1-2-8-24/h3-6,9-11H,1-2,7-8,12H2. The number of rotatable bonds is 4. The molecule has 1 aliphatic heterocycles. The largest absolute Gasteiger partial charge is 0.342 e. The smallest absolute Gasteiger partial charge is 0.233 e. The lowest BCUT2D eigenvalue weighted by atomic mass is 10.1. The van der Waals surface area contributed by atoms with Crippen LogP contribution in [0.5, 0.6) is 0 Å². The summed E-state index contributed by atoms with van der Waals surface area (Å²) in [5.74, 6) is 0.215. The first kappa shape index (κ1) is 17.2. The number of fused-ring (bicyclic) bond motifs is 3. The van der Waals surface area contributed by atoms with Crippen LogP contribution >= 0.6 is 11.8 Å². The van der Waals surface area contributed by atoms with Gasteiger partial charge < -0.3 is 4.90 Å². The lowest BCUT2D eigenvalue weighted by Gasteiger charge is -2.14. The molecule has 4 heterocycles. The number of carbonyl (C=O) groups is 1. The van der Waals surface area contributed by atoms with Crippen LogP contribution in [0.2, 0.25) is 0 Å². The van der Waals surface area contributed by atoms with E-state index < -0.39 is 0 Å². The Kier molecular flexibility index (Phi) is 4.23. The van der Waals surface area contributed by atoms with Crippen LogP contribution in [-0.2, 0) is 4.79 Å². The van der Waals surface area contributed by atoms with Crippen LogP contribution in [0.1, 0.15) is 12.8 Å². The molecule has 0 spiro atoms. The molecule has 28 heavy (non-hydrogen) atoms. The van der Waals surface area contributed by atoms with Crippen molar-refractivity contribution in [3.05, 3.63) is 48.5 Å². The Labute approximate surface area is 164 Å². The topological polar surface area (TPSA) is 67.8 Å². The molecular weight excluding hydrogens is 379 g/mol. The van der Waals surface area contributed by atoms with E-state index in [-0.39, 0.29) is 11.7 Å². The number of aromatic nitrogens is 5. The summed E-state index contributed by atoms with van der Waals surface area (Å²) in [7, 11) is 0. The molecule has 0 saturated carbocycles. The van der Waals surface area contributed by atoms with E-state index in [9.17, 15) is 9.18 Å². The Bertz CT molecular complexity index is 1160. The van der Waals surface area contributed by atoms with Crippen LogP contribution in [0.15, 0.2) is 47.9 Å². The lowest BCUT2D eigenvalue weighted by molar-refractivity contribution is -0.127. The minimum Gasteiger partial charge on any atom is -0.342 e. The molecule has 1 amide bonds. The van der Waals surface area contributed by atoms with Gasteiger partial charge in [-0.25, -0.2) is 8.91 Å². The van der Waals surface area contributed by atoms with Crippen LogP contribution < -0.4 is 0 Å². The van der Waals surface area contributed by atoms with E-state index in [0.717, 1.165) is 42.7 Å². The van der Waals surface area contributed by atoms with E-state index in [1.54, 1.807) is 16.6 Å². The van der Waals surface area contributed by atoms with Crippen LogP contribution in [0, 0.1) is 5.82 Å². The van der Waals surface area contributed by atoms with Gasteiger partial charge in [0.15, 0.2) is 10.8 Å². The maximum Gasteiger partial charge on any atom is 0.233 e. The fourth-order valence-electron chi connectivity index (χ4n) is 3.44. The van der Waals surface area contributed by atoms with Gasteiger partial charge in [0.1, 0.15) is 11.3 Å². The van der Waals surface area contributed by atoms with Gasteiger partial charge in [0, 0.05) is 31.0 Å². The summed E-state index contributed by atoms with van der Waals surface area (Å²) >= 11 is 1.39. The highest BCUT2D eigenvalue weighted by Crippen LogP contribution is 2.24. The molecule has 4 aromatic rings. The van der Waals surface area contributed by atoms with Gasteiger partial charge in [-0.2, -0.15) is 5.10 Å². The van der Waals surface area contributed by atoms with Crippen molar-refractivity contribution in [2.24, 2.45) is 0 Å². The minimum absolute atomic E-state index is 0.142. The molecule has 9 heteroatoms. The molecule has 0 bridgehead atoms. The summed E-state index contributed by atoms with van der Waals surface area (Å²) in [6.07, 6.45) is 5.83. The van der Waals surface area contributed by atoms with Crippen LogP contribution in [-0.4, -0.2) is 53.9 Å². The van der Waals surface area contributed by atoms with E-state index in [1.165, 1.54) is 23.9 Å². The number of hydrogen-bond donors (Lipinski definition) is 0. The quantitative estimate of drug-likeness (QED) is 0.496. The first-order valence-electron chi connectivity index (χ1n) is 9.09. The zero-order chi connectivity index (χ0) is 19.1. The molecule has 7 nitrogen and oxygen atoms in total. The number of likely N-dealkylation sites (tertiary alicyclic amines) is 1. The summed E-state index contributed by atoms with van der Waals surface area (Å²) in [6.45, 7) is 1.70. The first-order valence-corrected chi connectivity index (χ1v) is 10.1. The molecular formula is C19H17FN6OS. The zero-order valence-corrected chi connectivity index (χ0v) is 15.8. The third kappa shape index (κ3) is 3.01. The van der Waals surface area contributed by atoms with Gasteiger partial charge in [-0.3, -0.25) is 9.20 Å². The van der Waals surface area contributed by atoms with Crippen LogP contribution in [0.4, 0.5) is 4.39 Å². The van der Waals surface area contributed by atoms with Crippen molar-refractivity contribution in [3.8, 4) is 11.3 Å². The number of thioether (sulfide) groups is 1. The summed E-state index contributed by atoms with van der Waals surface area (Å²) in [5.41, 5.74) is 3.02. The fraction of sp³-hybridized carbons (Fsp3) is 0.263. The average Bonchev–Trinajstić information content (AvgIpc) is 3.44. The molecule has 1 fully saturated rings. The summed E-state index contributed by atoms with van der Waals surface area (Å²) in [4.78, 5) is 14.2. The Morgan fingerprint density at radius 1 is 1.11 bits per heavy atom. The molecule has 0 aliphatic carbocycles. The van der Waals surface area contributed by atoms with Crippen molar-refractivity contribution < 1.29 is 9.18 Å². The van der Waals surface area contributed by atoms with E-state index >= 15 is 0 Å². The van der Waals surface area contributed by atoms with Gasteiger partial charge >= 0.3 is 0 Å². The number of carbonyl (C=O) groups excluding carboxylic acids is 1. The number of nitrogens with zero attached hydrogens (tertiary/aromatic N) is 6. The normalized spacial score (nSPS) is 14.4. The van der Waals surface area contributed by atoms with Gasteiger partial charge in [-0.15, -0.1) is 10.2 Å². The Morgan fingerprint density at radius 2 is 1.89 bits per heavy atom. The summed E-state index contributed by atoms with van der Waals surface area (Å²) < 4.78 is 16.8. The van der Waals surface area contributed by atoms with E-state index in [2.05, 4.69) is 15.3 Å². The second-order valence-corrected chi connectivity index (χ2v) is 7.66. The summed E-state index contributed by atoms with van der Waals surface area (Å²) in [5, 5.41) is 13.8. The highest BCUT2D eigenvalue weighted by atomic mass is 32.2. The Balaban J connectivity index is 1.44. The molecule has 1 aromatic carbocycles. The molecule has 1 saturated heterocycles. The summed E-state index contributed by atoms with van der Waals surface area (Å²) in [6, 6.07) is 8.13. The van der Waals surface area contributed by atoms with Crippen molar-refractivity contribution in [1.82, 2.24) is 29.1 Å². The number of benzene rings is 1. The highest BCUT2D eigenvalue weighted by molar-refractivity contribution is 7.99. The number of hydrogen-bond acceptors (Lipinski definition) is 5. The molecule has 0 atom stereocenters. The predicted octanol–water partition coefficient (Wildman–Crippen LogP) is 2.90. The third-order valence-corrected chi connectivity index (χ3v) is 5.84. The van der Waals surface area contributed by atoms with Crippen molar-refractivity contribution in [2.45, 2.75) is 18.0 Å². The molecule has 0 unspecified atom stereocenters. The first-order chi connectivity index (χ1) is 13.7. The monoisotopic (exact) mass is 396 g/mol. The van der Waals surface area contributed by atoms with Gasteiger partial charge in [0.05, 0.1) is 11.4 Å². The molecule has 142 valence electrons. The van der Waals surface area contributed by atoms with Crippen LogP contribution in [0.25, 0.3) is 22.4 Å². The van der Waals surface area contributed by atoms with Gasteiger partial charge in [-0.05, 0) is 43.2 Å². The lowest BCUT2D eigenvalue weighted by Crippen LogP contribution is -2.29. The Morgan fingerprint density at radius 3 is 2.68 bits per heavy atom.